The summed E-state index contributed by atoms with van der Waals surface area (Å²) in [4.78, 5) is 9.11. The van der Waals surface area contributed by atoms with Gasteiger partial charge < -0.3 is 5.73 Å². The predicted octanol–water partition coefficient (Wildman–Crippen LogP) is 1.46. The van der Waals surface area contributed by atoms with Crippen molar-refractivity contribution in [1.29, 1.82) is 0 Å². The molecule has 1 aliphatic heterocycles. The highest BCUT2D eigenvalue weighted by molar-refractivity contribution is 7.99. The van der Waals surface area contributed by atoms with Gasteiger partial charge in [0.05, 0.1) is 23.5 Å². The zero-order valence-corrected chi connectivity index (χ0v) is 10.5. The summed E-state index contributed by atoms with van der Waals surface area (Å²) >= 11 is 1.33. The topological polar surface area (TPSA) is 67.4 Å². The summed E-state index contributed by atoms with van der Waals surface area (Å²) in [6.07, 6.45) is 0.880. The normalized spacial score (nSPS) is 14.7. The average molecular weight is 237 g/mol. The number of aromatic nitrogens is 2. The molecule has 0 aromatic carbocycles. The van der Waals surface area contributed by atoms with Crippen LogP contribution in [0.3, 0.4) is 0 Å². The van der Waals surface area contributed by atoms with Crippen LogP contribution in [0.5, 0.6) is 0 Å². The third-order valence-corrected chi connectivity index (χ3v) is 3.40. The summed E-state index contributed by atoms with van der Waals surface area (Å²) in [7, 11) is 0. The first-order valence-corrected chi connectivity index (χ1v) is 6.06. The fourth-order valence-electron chi connectivity index (χ4n) is 1.61. The van der Waals surface area contributed by atoms with Crippen molar-refractivity contribution in [2.24, 2.45) is 10.1 Å². The van der Waals surface area contributed by atoms with Gasteiger partial charge in [-0.15, -0.1) is 0 Å². The smallest absolute Gasteiger partial charge is 0.170 e. The summed E-state index contributed by atoms with van der Waals surface area (Å²) in [5.74, 6) is 1.30. The van der Waals surface area contributed by atoms with E-state index in [4.69, 9.17) is 5.73 Å². The van der Waals surface area contributed by atoms with E-state index in [9.17, 15) is 0 Å². The van der Waals surface area contributed by atoms with E-state index in [0.29, 0.717) is 11.5 Å². The second-order valence-corrected chi connectivity index (χ2v) is 4.32. The Balaban J connectivity index is 2.57. The molecule has 0 atom stereocenters. The molecule has 0 aliphatic carbocycles. The van der Waals surface area contributed by atoms with Crippen molar-refractivity contribution in [1.82, 2.24) is 9.97 Å². The molecule has 1 aliphatic rings. The van der Waals surface area contributed by atoms with Crippen molar-refractivity contribution in [3.8, 4) is 0 Å². The molecule has 0 amide bonds. The second-order valence-electron chi connectivity index (χ2n) is 3.53. The number of rotatable bonds is 2. The first kappa shape index (κ1) is 11.2. The van der Waals surface area contributed by atoms with Crippen molar-refractivity contribution in [3.05, 3.63) is 17.1 Å². The van der Waals surface area contributed by atoms with Gasteiger partial charge in [-0.05, 0) is 20.3 Å². The van der Waals surface area contributed by atoms with Crippen molar-refractivity contribution in [2.75, 3.05) is 10.8 Å². The van der Waals surface area contributed by atoms with Gasteiger partial charge in [0, 0.05) is 6.54 Å². The molecule has 1 aromatic heterocycles. The van der Waals surface area contributed by atoms with E-state index in [2.05, 4.69) is 28.2 Å². The van der Waals surface area contributed by atoms with Crippen molar-refractivity contribution < 1.29 is 0 Å². The lowest BCUT2D eigenvalue weighted by Crippen LogP contribution is -2.28. The van der Waals surface area contributed by atoms with E-state index in [1.807, 2.05) is 11.2 Å². The lowest BCUT2D eigenvalue weighted by Gasteiger charge is -2.24. The lowest BCUT2D eigenvalue weighted by molar-refractivity contribution is 0.925. The van der Waals surface area contributed by atoms with Crippen molar-refractivity contribution >= 4 is 23.8 Å². The number of anilines is 1. The van der Waals surface area contributed by atoms with Gasteiger partial charge in [-0.3, -0.25) is 4.31 Å². The monoisotopic (exact) mass is 237 g/mol. The Hall–Kier alpha value is -1.30. The SMILES string of the molecule is CCc1nc2c(nc1C)C(N)=NSN2CC. The minimum Gasteiger partial charge on any atom is -0.381 e. The highest BCUT2D eigenvalue weighted by Crippen LogP contribution is 2.29. The molecule has 0 bridgehead atoms. The fourth-order valence-corrected chi connectivity index (χ4v) is 2.20. The van der Waals surface area contributed by atoms with Gasteiger partial charge in [-0.25, -0.2) is 9.97 Å². The molecule has 1 aromatic rings. The summed E-state index contributed by atoms with van der Waals surface area (Å²) in [6, 6.07) is 0. The van der Waals surface area contributed by atoms with Crippen LogP contribution < -0.4 is 10.0 Å². The number of hydrogen-bond acceptors (Lipinski definition) is 6. The third-order valence-electron chi connectivity index (χ3n) is 2.49. The molecule has 2 rings (SSSR count). The summed E-state index contributed by atoms with van der Waals surface area (Å²) in [5.41, 5.74) is 8.48. The molecule has 5 nitrogen and oxygen atoms in total. The number of aryl methyl sites for hydroxylation is 2. The Morgan fingerprint density at radius 1 is 1.31 bits per heavy atom. The Kier molecular flexibility index (Phi) is 3.00. The third kappa shape index (κ3) is 1.73. The molecular formula is C10H15N5S. The van der Waals surface area contributed by atoms with Gasteiger partial charge in [0.1, 0.15) is 5.69 Å². The van der Waals surface area contributed by atoms with Crippen molar-refractivity contribution in [2.45, 2.75) is 27.2 Å². The number of nitrogens with zero attached hydrogens (tertiary/aromatic N) is 4. The lowest BCUT2D eigenvalue weighted by atomic mass is 10.2. The maximum atomic E-state index is 5.82. The molecular weight excluding hydrogens is 222 g/mol. The van der Waals surface area contributed by atoms with E-state index >= 15 is 0 Å². The highest BCUT2D eigenvalue weighted by Gasteiger charge is 2.23. The van der Waals surface area contributed by atoms with Crippen LogP contribution in [-0.4, -0.2) is 22.3 Å². The predicted molar refractivity (Wildman–Crippen MR) is 67.5 cm³/mol. The zero-order valence-electron chi connectivity index (χ0n) is 9.69. The molecule has 2 N–H and O–H groups in total. The summed E-state index contributed by atoms with van der Waals surface area (Å²) < 4.78 is 6.15. The minimum absolute atomic E-state index is 0.461. The van der Waals surface area contributed by atoms with Crippen LogP contribution in [0.2, 0.25) is 0 Å². The Labute approximate surface area is 99.4 Å². The van der Waals surface area contributed by atoms with Gasteiger partial charge in [-0.2, -0.15) is 4.40 Å². The van der Waals surface area contributed by atoms with Gasteiger partial charge >= 0.3 is 0 Å². The van der Waals surface area contributed by atoms with Gasteiger partial charge in [0.25, 0.3) is 0 Å². The second kappa shape index (κ2) is 4.29. The molecule has 0 fully saturated rings. The van der Waals surface area contributed by atoms with E-state index in [0.717, 1.165) is 30.2 Å². The molecule has 0 spiro atoms. The maximum Gasteiger partial charge on any atom is 0.170 e. The summed E-state index contributed by atoms with van der Waals surface area (Å²) in [5, 5.41) is 0. The van der Waals surface area contributed by atoms with E-state index < -0.39 is 0 Å². The fraction of sp³-hybridized carbons (Fsp3) is 0.500. The molecule has 0 saturated carbocycles. The Bertz CT molecular complexity index is 443. The van der Waals surface area contributed by atoms with Gasteiger partial charge in [0.2, 0.25) is 0 Å². The molecule has 0 saturated heterocycles. The van der Waals surface area contributed by atoms with E-state index in [1.165, 1.54) is 12.1 Å². The molecule has 0 unspecified atom stereocenters. The highest BCUT2D eigenvalue weighted by atomic mass is 32.2. The first-order chi connectivity index (χ1) is 7.67. The number of fused-ring (bicyclic) bond motifs is 1. The molecule has 2 heterocycles. The molecule has 6 heteroatoms. The standard InChI is InChI=1S/C10H15N5S/c1-4-7-6(3)12-8-9(11)14-16-15(5-2)10(8)13-7/h4-5H2,1-3H3,(H2,11,14). The van der Waals surface area contributed by atoms with E-state index in [-0.39, 0.29) is 0 Å². The van der Waals surface area contributed by atoms with Crippen LogP contribution in [0, 0.1) is 6.92 Å². The Morgan fingerprint density at radius 2 is 2.06 bits per heavy atom. The number of hydrogen-bond donors (Lipinski definition) is 1. The van der Waals surface area contributed by atoms with Crippen LogP contribution >= 0.6 is 12.1 Å². The number of nitrogens with two attached hydrogens (primary N) is 1. The van der Waals surface area contributed by atoms with Crippen LogP contribution in [0.1, 0.15) is 30.9 Å². The zero-order chi connectivity index (χ0) is 11.7. The van der Waals surface area contributed by atoms with Crippen LogP contribution in [-0.2, 0) is 6.42 Å². The average Bonchev–Trinajstić information content (AvgIpc) is 2.30. The van der Waals surface area contributed by atoms with E-state index in [1.54, 1.807) is 0 Å². The van der Waals surface area contributed by atoms with Gasteiger partial charge in [0.15, 0.2) is 11.7 Å². The quantitative estimate of drug-likeness (QED) is 0.789. The Morgan fingerprint density at radius 3 is 2.69 bits per heavy atom. The maximum absolute atomic E-state index is 5.82. The van der Waals surface area contributed by atoms with Crippen LogP contribution in [0.15, 0.2) is 4.40 Å². The first-order valence-electron chi connectivity index (χ1n) is 5.33. The largest absolute Gasteiger partial charge is 0.381 e. The van der Waals surface area contributed by atoms with Crippen molar-refractivity contribution in [3.63, 3.8) is 0 Å². The molecule has 86 valence electrons. The van der Waals surface area contributed by atoms with Crippen LogP contribution in [0.4, 0.5) is 5.82 Å². The molecule has 0 radical (unpaired) electrons. The minimum atomic E-state index is 0.461. The molecule has 16 heavy (non-hydrogen) atoms. The summed E-state index contributed by atoms with van der Waals surface area (Å²) in [6.45, 7) is 6.92. The van der Waals surface area contributed by atoms with Crippen LogP contribution in [0.25, 0.3) is 0 Å². The van der Waals surface area contributed by atoms with Gasteiger partial charge in [-0.1, -0.05) is 6.92 Å². The number of amidine groups is 1.